The van der Waals surface area contributed by atoms with E-state index < -0.39 is 0 Å². The third-order valence-corrected chi connectivity index (χ3v) is 1.43. The Morgan fingerprint density at radius 1 is 1.64 bits per heavy atom. The Bertz CT molecular complexity index is 273. The van der Waals surface area contributed by atoms with Crippen molar-refractivity contribution in [3.8, 4) is 12.3 Å². The molecule has 0 aliphatic heterocycles. The molecule has 1 rings (SSSR count). The Kier molecular flexibility index (Phi) is 2.65. The van der Waals surface area contributed by atoms with Crippen LogP contribution in [0.15, 0.2) is 18.3 Å². The van der Waals surface area contributed by atoms with Gasteiger partial charge in [0, 0.05) is 18.2 Å². The van der Waals surface area contributed by atoms with Crippen LogP contribution in [0.4, 0.5) is 0 Å². The molecule has 11 heavy (non-hydrogen) atoms. The predicted octanol–water partition coefficient (Wildman–Crippen LogP) is 0.564. The van der Waals surface area contributed by atoms with E-state index in [4.69, 9.17) is 12.2 Å². The normalized spacial score (nSPS) is 9.09. The first-order valence-corrected chi connectivity index (χ1v) is 3.49. The van der Waals surface area contributed by atoms with E-state index in [1.165, 1.54) is 0 Å². The van der Waals surface area contributed by atoms with Crippen molar-refractivity contribution in [2.75, 3.05) is 6.54 Å². The molecule has 0 unspecified atom stereocenters. The molecule has 2 nitrogen and oxygen atoms in total. The third kappa shape index (κ3) is 1.79. The van der Waals surface area contributed by atoms with Gasteiger partial charge in [0.2, 0.25) is 0 Å². The standard InChI is InChI=1S/C9H10N2/c1-2-8-4-3-7-11-9(8)5-6-10/h1,3-4,7H,5-6,10H2. The summed E-state index contributed by atoms with van der Waals surface area (Å²) >= 11 is 0. The second kappa shape index (κ2) is 3.75. The highest BCUT2D eigenvalue weighted by atomic mass is 14.7. The summed E-state index contributed by atoms with van der Waals surface area (Å²) in [7, 11) is 0. The maximum Gasteiger partial charge on any atom is 0.0572 e. The molecule has 0 spiro atoms. The molecule has 0 atom stereocenters. The molecular weight excluding hydrogens is 136 g/mol. The molecule has 0 aromatic carbocycles. The van der Waals surface area contributed by atoms with Crippen molar-refractivity contribution in [1.29, 1.82) is 0 Å². The summed E-state index contributed by atoms with van der Waals surface area (Å²) in [5.41, 5.74) is 7.14. The van der Waals surface area contributed by atoms with E-state index in [2.05, 4.69) is 10.9 Å². The molecule has 0 amide bonds. The fraction of sp³-hybridized carbons (Fsp3) is 0.222. The van der Waals surface area contributed by atoms with Crippen molar-refractivity contribution in [3.63, 3.8) is 0 Å². The zero-order valence-electron chi connectivity index (χ0n) is 6.25. The maximum atomic E-state index is 5.38. The maximum absolute atomic E-state index is 5.38. The number of nitrogens with zero attached hydrogens (tertiary/aromatic N) is 1. The fourth-order valence-electron chi connectivity index (χ4n) is 0.905. The molecule has 1 aromatic rings. The Morgan fingerprint density at radius 2 is 2.45 bits per heavy atom. The highest BCUT2D eigenvalue weighted by Gasteiger charge is 1.97. The number of nitrogens with two attached hydrogens (primary N) is 1. The topological polar surface area (TPSA) is 38.9 Å². The number of pyridine rings is 1. The zero-order chi connectivity index (χ0) is 8.10. The van der Waals surface area contributed by atoms with E-state index in [0.29, 0.717) is 6.54 Å². The van der Waals surface area contributed by atoms with Crippen molar-refractivity contribution < 1.29 is 0 Å². The van der Waals surface area contributed by atoms with Crippen LogP contribution in [0.25, 0.3) is 0 Å². The van der Waals surface area contributed by atoms with E-state index in [9.17, 15) is 0 Å². The van der Waals surface area contributed by atoms with Gasteiger partial charge in [-0.15, -0.1) is 6.42 Å². The summed E-state index contributed by atoms with van der Waals surface area (Å²) in [6.45, 7) is 0.589. The average molecular weight is 146 g/mol. The van der Waals surface area contributed by atoms with Gasteiger partial charge in [-0.3, -0.25) is 4.98 Å². The van der Waals surface area contributed by atoms with Gasteiger partial charge < -0.3 is 5.73 Å². The van der Waals surface area contributed by atoms with Gasteiger partial charge in [-0.1, -0.05) is 5.92 Å². The molecule has 0 saturated carbocycles. The van der Waals surface area contributed by atoms with E-state index >= 15 is 0 Å². The second-order valence-electron chi connectivity index (χ2n) is 2.18. The first-order chi connectivity index (χ1) is 5.38. The summed E-state index contributed by atoms with van der Waals surface area (Å²) in [5, 5.41) is 0. The largest absolute Gasteiger partial charge is 0.330 e. The first kappa shape index (κ1) is 7.77. The molecule has 0 radical (unpaired) electrons. The Hall–Kier alpha value is -1.33. The zero-order valence-corrected chi connectivity index (χ0v) is 6.25. The third-order valence-electron chi connectivity index (χ3n) is 1.43. The summed E-state index contributed by atoms with van der Waals surface area (Å²) in [6.07, 6.45) is 7.73. The number of hydrogen-bond donors (Lipinski definition) is 1. The summed E-state index contributed by atoms with van der Waals surface area (Å²) in [5.74, 6) is 2.56. The Labute approximate surface area is 66.4 Å². The van der Waals surface area contributed by atoms with E-state index in [1.807, 2.05) is 12.1 Å². The van der Waals surface area contributed by atoms with E-state index in [-0.39, 0.29) is 0 Å². The van der Waals surface area contributed by atoms with Crippen LogP contribution in [0.3, 0.4) is 0 Å². The monoisotopic (exact) mass is 146 g/mol. The minimum absolute atomic E-state index is 0.589. The lowest BCUT2D eigenvalue weighted by Gasteiger charge is -1.99. The van der Waals surface area contributed by atoms with Crippen LogP contribution in [0.1, 0.15) is 11.3 Å². The smallest absolute Gasteiger partial charge is 0.0572 e. The second-order valence-corrected chi connectivity index (χ2v) is 2.18. The van der Waals surface area contributed by atoms with Crippen molar-refractivity contribution in [3.05, 3.63) is 29.6 Å². The molecule has 0 fully saturated rings. The molecule has 2 heteroatoms. The minimum Gasteiger partial charge on any atom is -0.330 e. The highest BCUT2D eigenvalue weighted by molar-refractivity contribution is 5.35. The molecule has 2 N–H and O–H groups in total. The Morgan fingerprint density at radius 3 is 3.09 bits per heavy atom. The van der Waals surface area contributed by atoms with Gasteiger partial charge in [0.15, 0.2) is 0 Å². The molecule has 0 saturated heterocycles. The van der Waals surface area contributed by atoms with Crippen LogP contribution in [-0.4, -0.2) is 11.5 Å². The lowest BCUT2D eigenvalue weighted by Crippen LogP contribution is -2.05. The minimum atomic E-state index is 0.589. The van der Waals surface area contributed by atoms with Crippen LogP contribution < -0.4 is 5.73 Å². The lowest BCUT2D eigenvalue weighted by atomic mass is 10.1. The van der Waals surface area contributed by atoms with Gasteiger partial charge in [-0.25, -0.2) is 0 Å². The van der Waals surface area contributed by atoms with Crippen LogP contribution in [0, 0.1) is 12.3 Å². The molecule has 1 aromatic heterocycles. The molecule has 1 heterocycles. The van der Waals surface area contributed by atoms with Crippen LogP contribution >= 0.6 is 0 Å². The molecular formula is C9H10N2. The number of rotatable bonds is 2. The van der Waals surface area contributed by atoms with Crippen molar-refractivity contribution in [1.82, 2.24) is 4.98 Å². The van der Waals surface area contributed by atoms with Gasteiger partial charge in [0.05, 0.1) is 5.69 Å². The van der Waals surface area contributed by atoms with Crippen molar-refractivity contribution in [2.45, 2.75) is 6.42 Å². The SMILES string of the molecule is C#Cc1cccnc1CCN. The van der Waals surface area contributed by atoms with Gasteiger partial charge in [0.1, 0.15) is 0 Å². The van der Waals surface area contributed by atoms with Crippen LogP contribution in [-0.2, 0) is 6.42 Å². The molecule has 56 valence electrons. The average Bonchev–Trinajstić information content (AvgIpc) is 2.06. The first-order valence-electron chi connectivity index (χ1n) is 3.49. The van der Waals surface area contributed by atoms with E-state index in [0.717, 1.165) is 17.7 Å². The van der Waals surface area contributed by atoms with Crippen molar-refractivity contribution in [2.24, 2.45) is 5.73 Å². The summed E-state index contributed by atoms with van der Waals surface area (Å²) in [4.78, 5) is 4.12. The molecule has 0 aliphatic rings. The van der Waals surface area contributed by atoms with Gasteiger partial charge in [-0.05, 0) is 18.7 Å². The summed E-state index contributed by atoms with van der Waals surface area (Å²) < 4.78 is 0. The molecule has 0 bridgehead atoms. The van der Waals surface area contributed by atoms with Gasteiger partial charge >= 0.3 is 0 Å². The van der Waals surface area contributed by atoms with Gasteiger partial charge in [-0.2, -0.15) is 0 Å². The Balaban J connectivity index is 2.95. The van der Waals surface area contributed by atoms with E-state index in [1.54, 1.807) is 6.20 Å². The predicted molar refractivity (Wildman–Crippen MR) is 44.9 cm³/mol. The quantitative estimate of drug-likeness (QED) is 0.619. The highest BCUT2D eigenvalue weighted by Crippen LogP contribution is 2.02. The van der Waals surface area contributed by atoms with Gasteiger partial charge in [0.25, 0.3) is 0 Å². The number of aromatic nitrogens is 1. The van der Waals surface area contributed by atoms with Crippen LogP contribution in [0.5, 0.6) is 0 Å². The fourth-order valence-corrected chi connectivity index (χ4v) is 0.905. The lowest BCUT2D eigenvalue weighted by molar-refractivity contribution is 0.919. The summed E-state index contributed by atoms with van der Waals surface area (Å²) in [6, 6.07) is 3.70. The molecule has 0 aliphatic carbocycles. The number of hydrogen-bond acceptors (Lipinski definition) is 2. The van der Waals surface area contributed by atoms with Crippen LogP contribution in [0.2, 0.25) is 0 Å². The van der Waals surface area contributed by atoms with Crippen molar-refractivity contribution >= 4 is 0 Å². The number of terminal acetylenes is 1.